The van der Waals surface area contributed by atoms with Crippen LogP contribution in [0.3, 0.4) is 0 Å². The molecule has 1 saturated carbocycles. The summed E-state index contributed by atoms with van der Waals surface area (Å²) >= 11 is 0. The summed E-state index contributed by atoms with van der Waals surface area (Å²) in [5, 5.41) is 60.3. The summed E-state index contributed by atoms with van der Waals surface area (Å²) in [5.41, 5.74) is -0.0707. The number of aryl methyl sites for hydroxylation is 1. The molecule has 0 spiro atoms. The zero-order valence-corrected chi connectivity index (χ0v) is 27.1. The molecule has 1 heterocycles. The van der Waals surface area contributed by atoms with Crippen LogP contribution in [0.1, 0.15) is 42.4 Å². The molecular weight excluding hydrogens is 648 g/mol. The molecule has 2 aliphatic rings. The Morgan fingerprint density at radius 3 is 2.10 bits per heavy atom. The van der Waals surface area contributed by atoms with Gasteiger partial charge in [-0.05, 0) is 78.3 Å². The minimum Gasteiger partial charge on any atom is -0.504 e. The Morgan fingerprint density at radius 2 is 1.48 bits per heavy atom. The zero-order chi connectivity index (χ0) is 35.8. The Balaban J connectivity index is 1.33. The number of phenolic OH excluding ortho intramolecular Hbond substituents is 4. The highest BCUT2D eigenvalue weighted by Crippen LogP contribution is 2.39. The molecule has 12 nitrogen and oxygen atoms in total. The number of ether oxygens (including phenoxy) is 3. The van der Waals surface area contributed by atoms with Crippen molar-refractivity contribution in [2.75, 3.05) is 13.2 Å². The van der Waals surface area contributed by atoms with Crippen molar-refractivity contribution < 1.29 is 59.2 Å². The van der Waals surface area contributed by atoms with Crippen molar-refractivity contribution in [2.45, 2.75) is 62.1 Å². The molecule has 0 amide bonds. The third-order valence-corrected chi connectivity index (χ3v) is 9.01. The molecule has 3 aromatic carbocycles. The van der Waals surface area contributed by atoms with Gasteiger partial charge in [-0.2, -0.15) is 0 Å². The largest absolute Gasteiger partial charge is 0.504 e. The highest BCUT2D eigenvalue weighted by Gasteiger charge is 2.54. The average Bonchev–Trinajstić information content (AvgIpc) is 3.08. The van der Waals surface area contributed by atoms with Crippen LogP contribution in [0, 0.1) is 5.92 Å². The van der Waals surface area contributed by atoms with Crippen molar-refractivity contribution >= 4 is 29.7 Å². The van der Waals surface area contributed by atoms with E-state index in [4.69, 9.17) is 14.2 Å². The molecule has 264 valence electrons. The lowest BCUT2D eigenvalue weighted by molar-refractivity contribution is -0.230. The highest BCUT2D eigenvalue weighted by atomic mass is 16.6. The predicted molar refractivity (Wildman–Crippen MR) is 180 cm³/mol. The van der Waals surface area contributed by atoms with E-state index in [9.17, 15) is 45.0 Å². The van der Waals surface area contributed by atoms with Gasteiger partial charge in [0.25, 0.3) is 0 Å². The molecule has 5 rings (SSSR count). The number of aliphatic carboxylic acids is 1. The highest BCUT2D eigenvalue weighted by molar-refractivity contribution is 5.97. The van der Waals surface area contributed by atoms with Crippen LogP contribution in [-0.2, 0) is 35.0 Å². The molecule has 50 heavy (non-hydrogen) atoms. The van der Waals surface area contributed by atoms with E-state index in [1.54, 1.807) is 0 Å². The quantitative estimate of drug-likeness (QED) is 0.117. The second kappa shape index (κ2) is 16.1. The molecule has 2 fully saturated rings. The Bertz CT molecular complexity index is 1730. The number of benzene rings is 3. The second-order valence-electron chi connectivity index (χ2n) is 12.7. The molecule has 1 aliphatic carbocycles. The van der Waals surface area contributed by atoms with E-state index in [2.05, 4.69) is 0 Å². The predicted octanol–water partition coefficient (Wildman–Crippen LogP) is 4.16. The molecule has 6 atom stereocenters. The summed E-state index contributed by atoms with van der Waals surface area (Å²) in [7, 11) is 0. The maximum Gasteiger partial charge on any atom is 0.336 e. The van der Waals surface area contributed by atoms with Gasteiger partial charge >= 0.3 is 5.97 Å². The molecule has 0 bridgehead atoms. The number of phenols is 4. The molecular formula is C38H40O12. The van der Waals surface area contributed by atoms with Crippen LogP contribution in [0.15, 0.2) is 78.9 Å². The smallest absolute Gasteiger partial charge is 0.336 e. The van der Waals surface area contributed by atoms with Gasteiger partial charge in [0.1, 0.15) is 18.8 Å². The van der Waals surface area contributed by atoms with E-state index >= 15 is 0 Å². The fourth-order valence-electron chi connectivity index (χ4n) is 6.23. The number of hydrogen-bond donors (Lipinski definition) is 6. The van der Waals surface area contributed by atoms with E-state index in [1.165, 1.54) is 54.6 Å². The van der Waals surface area contributed by atoms with E-state index in [-0.39, 0.29) is 48.4 Å². The number of aliphatic hydroxyl groups is 1. The summed E-state index contributed by atoms with van der Waals surface area (Å²) in [4.78, 5) is 39.0. The monoisotopic (exact) mass is 688 g/mol. The average molecular weight is 689 g/mol. The van der Waals surface area contributed by atoms with Gasteiger partial charge in [0.15, 0.2) is 40.2 Å². The minimum atomic E-state index is -2.04. The molecule has 0 radical (unpaired) electrons. The van der Waals surface area contributed by atoms with Crippen molar-refractivity contribution in [1.29, 1.82) is 0 Å². The number of carboxylic acids is 1. The van der Waals surface area contributed by atoms with Crippen LogP contribution in [-0.4, -0.2) is 91.4 Å². The molecule has 0 unspecified atom stereocenters. The first kappa shape index (κ1) is 36.3. The SMILES string of the molecule is O=C(C=Cc1ccc(O)c(O)c1)CO[C@@]1(C(=O)O)C[C@@H](O)[C@H]2OC[C@H](CCc3ccccc3)C[C@@H](C(=O)C=Cc3ccc(O)c(O)c3)O[C@H]2C1. The summed E-state index contributed by atoms with van der Waals surface area (Å²) in [6, 6.07) is 17.9. The van der Waals surface area contributed by atoms with Gasteiger partial charge < -0.3 is 44.8 Å². The number of hydrogen-bond acceptors (Lipinski definition) is 11. The zero-order valence-electron chi connectivity index (χ0n) is 27.1. The number of fused-ring (bicyclic) bond motifs is 1. The Hall–Kier alpha value is -5.01. The summed E-state index contributed by atoms with van der Waals surface area (Å²) in [6.45, 7) is -0.464. The van der Waals surface area contributed by atoms with Crippen molar-refractivity contribution in [1.82, 2.24) is 0 Å². The lowest BCUT2D eigenvalue weighted by atomic mass is 9.78. The Kier molecular flexibility index (Phi) is 11.7. The van der Waals surface area contributed by atoms with Crippen LogP contribution in [0.2, 0.25) is 0 Å². The van der Waals surface area contributed by atoms with Crippen LogP contribution in [0.4, 0.5) is 0 Å². The molecule has 12 heteroatoms. The van der Waals surface area contributed by atoms with Gasteiger partial charge in [-0.1, -0.05) is 54.6 Å². The Morgan fingerprint density at radius 1 is 0.840 bits per heavy atom. The lowest BCUT2D eigenvalue weighted by Gasteiger charge is -2.46. The number of aliphatic hydroxyl groups excluding tert-OH is 1. The summed E-state index contributed by atoms with van der Waals surface area (Å²) < 4.78 is 18.2. The van der Waals surface area contributed by atoms with E-state index in [0.29, 0.717) is 24.0 Å². The number of carbonyl (C=O) groups is 3. The first-order valence-electron chi connectivity index (χ1n) is 16.3. The summed E-state index contributed by atoms with van der Waals surface area (Å²) in [6.07, 6.45) is 1.69. The minimum absolute atomic E-state index is 0.147. The normalized spacial score (nSPS) is 25.5. The van der Waals surface area contributed by atoms with Crippen molar-refractivity contribution in [3.05, 3.63) is 95.6 Å². The maximum absolute atomic E-state index is 13.6. The molecule has 1 saturated heterocycles. The fraction of sp³-hybridized carbons (Fsp3) is 0.342. The molecule has 3 aromatic rings. The maximum atomic E-state index is 13.6. The van der Waals surface area contributed by atoms with Gasteiger partial charge in [-0.3, -0.25) is 9.59 Å². The first-order chi connectivity index (χ1) is 23.9. The third kappa shape index (κ3) is 9.16. The third-order valence-electron chi connectivity index (χ3n) is 9.01. The molecule has 6 N–H and O–H groups in total. The number of carboxylic acid groups (broad SMARTS) is 1. The summed E-state index contributed by atoms with van der Waals surface area (Å²) in [5.74, 6) is -3.94. The van der Waals surface area contributed by atoms with Gasteiger partial charge in [0, 0.05) is 12.8 Å². The van der Waals surface area contributed by atoms with Crippen LogP contribution >= 0.6 is 0 Å². The number of ketones is 2. The standard InChI is InChI=1S/C38H40O12/c39-27(12-8-24-9-13-28(40)31(43)16-24)22-49-38(37(46)47)19-33(45)36-35(20-38)50-34(30(42)15-11-25-10-14-29(41)32(44)17-25)18-26(21-48-36)7-6-23-4-2-1-3-5-23/h1-5,8-17,26,33-36,40-41,43-45H,6-7,18-22H2,(H,46,47)/t26-,33-,34+,35+,36-,38+/m1/s1. The lowest BCUT2D eigenvalue weighted by Crippen LogP contribution is -2.60. The number of rotatable bonds is 12. The van der Waals surface area contributed by atoms with Gasteiger partial charge in [-0.25, -0.2) is 4.79 Å². The fourth-order valence-corrected chi connectivity index (χ4v) is 6.23. The van der Waals surface area contributed by atoms with E-state index in [0.717, 1.165) is 11.6 Å². The topological polar surface area (TPSA) is 200 Å². The van der Waals surface area contributed by atoms with Crippen LogP contribution < -0.4 is 0 Å². The van der Waals surface area contributed by atoms with Crippen LogP contribution in [0.5, 0.6) is 23.0 Å². The van der Waals surface area contributed by atoms with Crippen molar-refractivity contribution in [3.8, 4) is 23.0 Å². The number of carbonyl (C=O) groups excluding carboxylic acids is 2. The second-order valence-corrected chi connectivity index (χ2v) is 12.7. The molecule has 0 aromatic heterocycles. The molecule has 1 aliphatic heterocycles. The van der Waals surface area contributed by atoms with Crippen molar-refractivity contribution in [3.63, 3.8) is 0 Å². The van der Waals surface area contributed by atoms with E-state index < -0.39 is 60.6 Å². The van der Waals surface area contributed by atoms with Crippen LogP contribution in [0.25, 0.3) is 12.2 Å². The first-order valence-corrected chi connectivity index (χ1v) is 16.3. The number of aromatic hydroxyl groups is 4. The van der Waals surface area contributed by atoms with Gasteiger partial charge in [0.05, 0.1) is 18.8 Å². The van der Waals surface area contributed by atoms with E-state index in [1.807, 2.05) is 30.3 Å². The Labute approximate surface area is 288 Å². The van der Waals surface area contributed by atoms with Crippen molar-refractivity contribution in [2.24, 2.45) is 5.92 Å². The van der Waals surface area contributed by atoms with Gasteiger partial charge in [0.2, 0.25) is 0 Å². The van der Waals surface area contributed by atoms with Gasteiger partial charge in [-0.15, -0.1) is 0 Å².